The van der Waals surface area contributed by atoms with E-state index in [-0.39, 0.29) is 34.6 Å². The molecular formula is C29H42N2O10. The van der Waals surface area contributed by atoms with Gasteiger partial charge in [-0.25, -0.2) is 9.59 Å². The first-order valence-corrected chi connectivity index (χ1v) is 14.6. The Balaban J connectivity index is 1.26. The number of aliphatic hydroxyl groups excluding tert-OH is 3. The van der Waals surface area contributed by atoms with E-state index in [2.05, 4.69) is 30.6 Å². The van der Waals surface area contributed by atoms with Gasteiger partial charge in [-0.3, -0.25) is 9.59 Å². The third-order valence-electron chi connectivity index (χ3n) is 11.0. The monoisotopic (exact) mass is 578 g/mol. The Hall–Kier alpha value is -2.54. The van der Waals surface area contributed by atoms with Crippen molar-refractivity contribution in [2.24, 2.45) is 34.5 Å². The van der Waals surface area contributed by atoms with Crippen LogP contribution in [0.3, 0.4) is 0 Å². The van der Waals surface area contributed by atoms with E-state index in [1.165, 1.54) is 13.8 Å². The van der Waals surface area contributed by atoms with Crippen molar-refractivity contribution in [1.29, 1.82) is 0 Å². The van der Waals surface area contributed by atoms with Crippen molar-refractivity contribution >= 4 is 23.8 Å². The summed E-state index contributed by atoms with van der Waals surface area (Å²) in [5, 5.41) is 45.3. The van der Waals surface area contributed by atoms with Gasteiger partial charge in [-0.1, -0.05) is 19.9 Å². The Morgan fingerprint density at radius 1 is 1.02 bits per heavy atom. The van der Waals surface area contributed by atoms with Crippen LogP contribution in [0.2, 0.25) is 0 Å². The molecule has 0 aromatic carbocycles. The first-order chi connectivity index (χ1) is 19.1. The topological polar surface area (TPSA) is 192 Å². The Labute approximate surface area is 238 Å². The summed E-state index contributed by atoms with van der Waals surface area (Å²) in [5.41, 5.74) is -1.92. The second kappa shape index (κ2) is 10.3. The van der Waals surface area contributed by atoms with Crippen LogP contribution < -0.4 is 10.6 Å². The van der Waals surface area contributed by atoms with Gasteiger partial charge in [-0.15, -0.1) is 0 Å². The van der Waals surface area contributed by atoms with E-state index in [1.807, 2.05) is 0 Å². The molecule has 4 fully saturated rings. The van der Waals surface area contributed by atoms with Crippen LogP contribution in [0.25, 0.3) is 0 Å². The molecule has 12 nitrogen and oxygen atoms in total. The quantitative estimate of drug-likeness (QED) is 0.246. The van der Waals surface area contributed by atoms with E-state index in [0.29, 0.717) is 24.2 Å². The summed E-state index contributed by atoms with van der Waals surface area (Å²) in [6, 6.07) is 0.125. The second-order valence-corrected chi connectivity index (χ2v) is 13.6. The summed E-state index contributed by atoms with van der Waals surface area (Å²) < 4.78 is 10.3. The molecule has 12 heteroatoms. The molecule has 6 N–H and O–H groups in total. The van der Waals surface area contributed by atoms with Gasteiger partial charge < -0.3 is 40.5 Å². The summed E-state index contributed by atoms with van der Waals surface area (Å²) in [6.07, 6.45) is -0.457. The molecule has 228 valence electrons. The molecule has 2 aliphatic heterocycles. The number of esters is 1. The maximum atomic E-state index is 13.7. The van der Waals surface area contributed by atoms with Gasteiger partial charge in [0.25, 0.3) is 0 Å². The summed E-state index contributed by atoms with van der Waals surface area (Å²) in [4.78, 5) is 50.1. The molecule has 0 radical (unpaired) electrons. The van der Waals surface area contributed by atoms with Gasteiger partial charge in [0, 0.05) is 17.4 Å². The highest BCUT2D eigenvalue weighted by molar-refractivity contribution is 5.89. The highest BCUT2D eigenvalue weighted by Crippen LogP contribution is 2.65. The van der Waals surface area contributed by atoms with Gasteiger partial charge in [0.2, 0.25) is 18.1 Å². The smallest absolute Gasteiger partial charge is 0.335 e. The van der Waals surface area contributed by atoms with E-state index < -0.39 is 48.2 Å². The number of fused-ring (bicyclic) bond motifs is 5. The van der Waals surface area contributed by atoms with Crippen molar-refractivity contribution in [3.63, 3.8) is 0 Å². The fourth-order valence-electron chi connectivity index (χ4n) is 8.61. The van der Waals surface area contributed by atoms with Crippen molar-refractivity contribution in [1.82, 2.24) is 10.6 Å². The summed E-state index contributed by atoms with van der Waals surface area (Å²) in [7, 11) is 0. The van der Waals surface area contributed by atoms with Gasteiger partial charge in [0.05, 0.1) is 0 Å². The third-order valence-corrected chi connectivity index (χ3v) is 11.0. The normalized spacial score (nSPS) is 45.5. The van der Waals surface area contributed by atoms with Crippen molar-refractivity contribution in [2.75, 3.05) is 0 Å². The SMILES string of the molecule is CC(C)(NC(=O)[C@H]1CC[C@H]2[C@@H]3CC[C@H]4NC(=O)C=C[C@]4(C)[C@H]3CC[C@]12C)C(=O)O[C@@H]1O[C@H](C(=O)O)[C@@H](O)[C@H](O)[C@H]1O. The standard InChI is InChI=1S/C29H42N2O10/c1-27(2,26(39)41-25-21(35)19(33)20(34)22(40-25)24(37)38)31-23(36)16-7-6-14-13-5-8-17-29(4,12-10-18(32)30-17)15(13)9-11-28(14,16)3/h10,12-17,19-22,25,33-35H,5-9,11H2,1-4H3,(H,30,32)(H,31,36)(H,37,38)/t13-,14-,15-,16+,17+,19-,20-,21+,22-,25-,28-,29+/m0/s1. The zero-order valence-corrected chi connectivity index (χ0v) is 23.9. The second-order valence-electron chi connectivity index (χ2n) is 13.6. The number of carboxylic acid groups (broad SMARTS) is 1. The Bertz CT molecular complexity index is 1140. The number of ether oxygens (including phenoxy) is 2. The van der Waals surface area contributed by atoms with Gasteiger partial charge in [-0.2, -0.15) is 0 Å². The van der Waals surface area contributed by atoms with Crippen molar-refractivity contribution in [3.05, 3.63) is 12.2 Å². The number of hydrogen-bond donors (Lipinski definition) is 6. The zero-order valence-electron chi connectivity index (χ0n) is 23.9. The number of carbonyl (C=O) groups is 4. The number of carboxylic acids is 1. The lowest BCUT2D eigenvalue weighted by molar-refractivity contribution is -0.287. The van der Waals surface area contributed by atoms with E-state index in [1.54, 1.807) is 6.08 Å². The molecule has 0 aromatic rings. The van der Waals surface area contributed by atoms with Crippen molar-refractivity contribution in [3.8, 4) is 0 Å². The van der Waals surface area contributed by atoms with Crippen LogP contribution in [0.5, 0.6) is 0 Å². The molecular weight excluding hydrogens is 536 g/mol. The van der Waals surface area contributed by atoms with Crippen LogP contribution in [0.1, 0.15) is 66.2 Å². The zero-order chi connectivity index (χ0) is 30.1. The lowest BCUT2D eigenvalue weighted by Gasteiger charge is -2.58. The van der Waals surface area contributed by atoms with Gasteiger partial charge in [0.15, 0.2) is 6.10 Å². The van der Waals surface area contributed by atoms with Gasteiger partial charge >= 0.3 is 11.9 Å². The van der Waals surface area contributed by atoms with E-state index in [4.69, 9.17) is 9.47 Å². The van der Waals surface area contributed by atoms with Crippen LogP contribution in [0, 0.1) is 34.5 Å². The molecule has 5 rings (SSSR count). The predicted molar refractivity (Wildman–Crippen MR) is 142 cm³/mol. The summed E-state index contributed by atoms with van der Waals surface area (Å²) in [6.45, 7) is 7.31. The first-order valence-electron chi connectivity index (χ1n) is 14.6. The molecule has 1 saturated heterocycles. The van der Waals surface area contributed by atoms with Gasteiger partial charge in [-0.05, 0) is 81.6 Å². The molecule has 2 amide bonds. The van der Waals surface area contributed by atoms with Crippen molar-refractivity contribution in [2.45, 2.75) is 109 Å². The highest BCUT2D eigenvalue weighted by Gasteiger charge is 2.61. The minimum atomic E-state index is -1.91. The molecule has 3 aliphatic carbocycles. The van der Waals surface area contributed by atoms with E-state index in [0.717, 1.165) is 32.1 Å². The molecule has 41 heavy (non-hydrogen) atoms. The van der Waals surface area contributed by atoms with Crippen LogP contribution in [-0.2, 0) is 28.7 Å². The molecule has 3 saturated carbocycles. The number of amides is 2. The van der Waals surface area contributed by atoms with E-state index >= 15 is 0 Å². The number of rotatable bonds is 5. The number of nitrogens with one attached hydrogen (secondary N) is 2. The lowest BCUT2D eigenvalue weighted by Crippen LogP contribution is -2.62. The maximum absolute atomic E-state index is 13.7. The average Bonchev–Trinajstić information content (AvgIpc) is 3.26. The molecule has 2 heterocycles. The summed E-state index contributed by atoms with van der Waals surface area (Å²) in [5.74, 6) is -2.03. The molecule has 12 atom stereocenters. The lowest BCUT2D eigenvalue weighted by atomic mass is 9.48. The number of hydrogen-bond acceptors (Lipinski definition) is 9. The van der Waals surface area contributed by atoms with Crippen LogP contribution in [0.15, 0.2) is 12.2 Å². The van der Waals surface area contributed by atoms with Gasteiger partial charge in [0.1, 0.15) is 23.9 Å². The van der Waals surface area contributed by atoms with E-state index in [9.17, 15) is 39.6 Å². The Morgan fingerprint density at radius 3 is 2.41 bits per heavy atom. The average molecular weight is 579 g/mol. The fraction of sp³-hybridized carbons (Fsp3) is 0.793. The minimum Gasteiger partial charge on any atom is -0.479 e. The molecule has 0 unspecified atom stereocenters. The molecule has 5 aliphatic rings. The van der Waals surface area contributed by atoms with Crippen LogP contribution >= 0.6 is 0 Å². The number of aliphatic carboxylic acids is 1. The molecule has 0 spiro atoms. The largest absolute Gasteiger partial charge is 0.479 e. The number of aliphatic hydroxyl groups is 3. The minimum absolute atomic E-state index is 0.0367. The van der Waals surface area contributed by atoms with Crippen molar-refractivity contribution < 1.29 is 49.1 Å². The maximum Gasteiger partial charge on any atom is 0.335 e. The van der Waals surface area contributed by atoms with Crippen LogP contribution in [0.4, 0.5) is 0 Å². The fourth-order valence-corrected chi connectivity index (χ4v) is 8.61. The molecule has 0 aromatic heterocycles. The number of carbonyl (C=O) groups excluding carboxylic acids is 3. The molecule has 0 bridgehead atoms. The highest BCUT2D eigenvalue weighted by atomic mass is 16.7. The third kappa shape index (κ3) is 4.86. The van der Waals surface area contributed by atoms with Crippen LogP contribution in [-0.4, -0.2) is 86.5 Å². The first kappa shape index (κ1) is 29.9. The predicted octanol–water partition coefficient (Wildman–Crippen LogP) is 0.230. The summed E-state index contributed by atoms with van der Waals surface area (Å²) >= 11 is 0. The Kier molecular flexibility index (Phi) is 7.54. The Morgan fingerprint density at radius 2 is 1.73 bits per heavy atom.